The van der Waals surface area contributed by atoms with Crippen molar-refractivity contribution in [3.63, 3.8) is 0 Å². The molecule has 0 spiro atoms. The lowest BCUT2D eigenvalue weighted by molar-refractivity contribution is 0.144. The molecule has 98 valence electrons. The Labute approximate surface area is 102 Å². The molecule has 0 aliphatic rings. The van der Waals surface area contributed by atoms with Crippen LogP contribution >= 0.6 is 0 Å². The summed E-state index contributed by atoms with van der Waals surface area (Å²) in [6, 6.07) is 0.670. The van der Waals surface area contributed by atoms with Gasteiger partial charge in [0.2, 0.25) is 0 Å². The number of unbranched alkanes of at least 4 members (excludes halogenated alkanes) is 4. The van der Waals surface area contributed by atoms with Crippen LogP contribution < -0.4 is 5.32 Å². The van der Waals surface area contributed by atoms with Crippen LogP contribution in [0.3, 0.4) is 0 Å². The van der Waals surface area contributed by atoms with E-state index in [0.717, 1.165) is 26.2 Å². The molecule has 0 saturated heterocycles. The van der Waals surface area contributed by atoms with Gasteiger partial charge in [-0.25, -0.2) is 0 Å². The molecule has 0 radical (unpaired) electrons. The molecule has 0 fully saturated rings. The molecule has 0 bridgehead atoms. The van der Waals surface area contributed by atoms with Crippen LogP contribution in [-0.4, -0.2) is 25.8 Å². The zero-order chi connectivity index (χ0) is 12.1. The second kappa shape index (κ2) is 13.0. The summed E-state index contributed by atoms with van der Waals surface area (Å²) in [5.74, 6) is 0. The fourth-order valence-corrected chi connectivity index (χ4v) is 1.82. The van der Waals surface area contributed by atoms with Crippen LogP contribution in [-0.2, 0) is 4.74 Å². The van der Waals surface area contributed by atoms with Gasteiger partial charge in [0.15, 0.2) is 0 Å². The van der Waals surface area contributed by atoms with Gasteiger partial charge in [-0.3, -0.25) is 0 Å². The average molecular weight is 229 g/mol. The van der Waals surface area contributed by atoms with Crippen LogP contribution in [0.25, 0.3) is 0 Å². The van der Waals surface area contributed by atoms with Crippen molar-refractivity contribution in [3.8, 4) is 0 Å². The van der Waals surface area contributed by atoms with Gasteiger partial charge in [-0.2, -0.15) is 0 Å². The molecule has 1 unspecified atom stereocenters. The van der Waals surface area contributed by atoms with E-state index in [2.05, 4.69) is 19.2 Å². The Morgan fingerprint density at radius 1 is 1.00 bits per heavy atom. The molecule has 0 aliphatic carbocycles. The SMILES string of the molecule is CCCCCCCC(C)NCCCOCC. The lowest BCUT2D eigenvalue weighted by Crippen LogP contribution is -2.27. The van der Waals surface area contributed by atoms with Gasteiger partial charge >= 0.3 is 0 Å². The Bertz CT molecular complexity index is 114. The largest absolute Gasteiger partial charge is 0.382 e. The number of ether oxygens (including phenoxy) is 1. The zero-order valence-electron chi connectivity index (χ0n) is 11.6. The van der Waals surface area contributed by atoms with Gasteiger partial charge in [-0.15, -0.1) is 0 Å². The molecule has 2 nitrogen and oxygen atoms in total. The van der Waals surface area contributed by atoms with Crippen molar-refractivity contribution in [3.05, 3.63) is 0 Å². The van der Waals surface area contributed by atoms with E-state index in [1.807, 2.05) is 6.92 Å². The van der Waals surface area contributed by atoms with Crippen molar-refractivity contribution < 1.29 is 4.74 Å². The summed E-state index contributed by atoms with van der Waals surface area (Å²) < 4.78 is 5.30. The van der Waals surface area contributed by atoms with Gasteiger partial charge in [0.05, 0.1) is 0 Å². The number of nitrogens with one attached hydrogen (secondary N) is 1. The summed E-state index contributed by atoms with van der Waals surface area (Å²) in [7, 11) is 0. The lowest BCUT2D eigenvalue weighted by atomic mass is 10.1. The maximum atomic E-state index is 5.30. The van der Waals surface area contributed by atoms with Crippen LogP contribution in [0.1, 0.15) is 65.7 Å². The molecule has 1 atom stereocenters. The van der Waals surface area contributed by atoms with Crippen LogP contribution in [0.5, 0.6) is 0 Å². The van der Waals surface area contributed by atoms with Gasteiger partial charge in [0.25, 0.3) is 0 Å². The quantitative estimate of drug-likeness (QED) is 0.515. The number of hydrogen-bond acceptors (Lipinski definition) is 2. The zero-order valence-corrected chi connectivity index (χ0v) is 11.6. The van der Waals surface area contributed by atoms with E-state index in [1.165, 1.54) is 38.5 Å². The second-order valence-electron chi connectivity index (χ2n) is 4.61. The van der Waals surface area contributed by atoms with E-state index in [9.17, 15) is 0 Å². The Kier molecular flexibility index (Phi) is 12.9. The van der Waals surface area contributed by atoms with Crippen LogP contribution in [0.15, 0.2) is 0 Å². The topological polar surface area (TPSA) is 21.3 Å². The summed E-state index contributed by atoms with van der Waals surface area (Å²) in [4.78, 5) is 0. The molecule has 0 amide bonds. The third-order valence-electron chi connectivity index (χ3n) is 2.90. The normalized spacial score (nSPS) is 12.9. The van der Waals surface area contributed by atoms with Gasteiger partial charge in [0.1, 0.15) is 0 Å². The third kappa shape index (κ3) is 12.0. The van der Waals surface area contributed by atoms with E-state index >= 15 is 0 Å². The summed E-state index contributed by atoms with van der Waals surface area (Å²) in [5.41, 5.74) is 0. The summed E-state index contributed by atoms with van der Waals surface area (Å²) in [6.45, 7) is 9.44. The molecule has 0 heterocycles. The van der Waals surface area contributed by atoms with E-state index in [1.54, 1.807) is 0 Å². The third-order valence-corrected chi connectivity index (χ3v) is 2.90. The van der Waals surface area contributed by atoms with Gasteiger partial charge in [-0.05, 0) is 33.2 Å². The maximum Gasteiger partial charge on any atom is 0.0477 e. The van der Waals surface area contributed by atoms with Crippen molar-refractivity contribution >= 4 is 0 Å². The van der Waals surface area contributed by atoms with E-state index < -0.39 is 0 Å². The Balaban J connectivity index is 3.09. The van der Waals surface area contributed by atoms with Crippen molar-refractivity contribution in [1.29, 1.82) is 0 Å². The molecule has 0 aliphatic heterocycles. The Morgan fingerprint density at radius 2 is 1.75 bits per heavy atom. The van der Waals surface area contributed by atoms with E-state index in [4.69, 9.17) is 4.74 Å². The molecule has 16 heavy (non-hydrogen) atoms. The monoisotopic (exact) mass is 229 g/mol. The molecule has 0 rings (SSSR count). The van der Waals surface area contributed by atoms with Crippen LogP contribution in [0.4, 0.5) is 0 Å². The fourth-order valence-electron chi connectivity index (χ4n) is 1.82. The van der Waals surface area contributed by atoms with Gasteiger partial charge in [0, 0.05) is 19.3 Å². The smallest absolute Gasteiger partial charge is 0.0477 e. The highest BCUT2D eigenvalue weighted by molar-refractivity contribution is 4.60. The molecule has 0 aromatic carbocycles. The first kappa shape index (κ1) is 15.9. The molecule has 2 heteroatoms. The minimum atomic E-state index is 0.670. The minimum absolute atomic E-state index is 0.670. The maximum absolute atomic E-state index is 5.30. The standard InChI is InChI=1S/C14H31NO/c1-4-6-7-8-9-11-14(3)15-12-10-13-16-5-2/h14-15H,4-13H2,1-3H3. The van der Waals surface area contributed by atoms with Crippen LogP contribution in [0.2, 0.25) is 0 Å². The first-order chi connectivity index (χ1) is 7.81. The van der Waals surface area contributed by atoms with Crippen molar-refractivity contribution in [1.82, 2.24) is 5.32 Å². The number of hydrogen-bond donors (Lipinski definition) is 1. The van der Waals surface area contributed by atoms with E-state index in [-0.39, 0.29) is 0 Å². The minimum Gasteiger partial charge on any atom is -0.382 e. The molecule has 0 aromatic heterocycles. The van der Waals surface area contributed by atoms with Crippen molar-refractivity contribution in [2.24, 2.45) is 0 Å². The molecular formula is C14H31NO. The van der Waals surface area contributed by atoms with Crippen molar-refractivity contribution in [2.75, 3.05) is 19.8 Å². The van der Waals surface area contributed by atoms with Crippen molar-refractivity contribution in [2.45, 2.75) is 71.8 Å². The first-order valence-corrected chi connectivity index (χ1v) is 7.12. The molecule has 0 saturated carbocycles. The Hall–Kier alpha value is -0.0800. The highest BCUT2D eigenvalue weighted by Crippen LogP contribution is 2.06. The predicted molar refractivity (Wildman–Crippen MR) is 72.0 cm³/mol. The van der Waals surface area contributed by atoms with Crippen LogP contribution in [0, 0.1) is 0 Å². The highest BCUT2D eigenvalue weighted by atomic mass is 16.5. The van der Waals surface area contributed by atoms with Gasteiger partial charge in [-0.1, -0.05) is 39.0 Å². The summed E-state index contributed by atoms with van der Waals surface area (Å²) in [6.07, 6.45) is 9.37. The Morgan fingerprint density at radius 3 is 2.44 bits per heavy atom. The van der Waals surface area contributed by atoms with E-state index in [0.29, 0.717) is 6.04 Å². The summed E-state index contributed by atoms with van der Waals surface area (Å²) in [5, 5.41) is 3.55. The first-order valence-electron chi connectivity index (χ1n) is 7.12. The second-order valence-corrected chi connectivity index (χ2v) is 4.61. The summed E-state index contributed by atoms with van der Waals surface area (Å²) >= 11 is 0. The highest BCUT2D eigenvalue weighted by Gasteiger charge is 2.00. The molecular weight excluding hydrogens is 198 g/mol. The average Bonchev–Trinajstić information content (AvgIpc) is 2.28. The predicted octanol–water partition coefficient (Wildman–Crippen LogP) is 3.75. The van der Waals surface area contributed by atoms with Gasteiger partial charge < -0.3 is 10.1 Å². The molecule has 0 aromatic rings. The lowest BCUT2D eigenvalue weighted by Gasteiger charge is -2.13. The fraction of sp³-hybridized carbons (Fsp3) is 1.00. The molecule has 1 N–H and O–H groups in total. The number of rotatable bonds is 12.